The van der Waals surface area contributed by atoms with E-state index in [1.165, 1.54) is 29.5 Å². The number of phosphoric ester groups is 1. The second-order valence-corrected chi connectivity index (χ2v) is 11.2. The average Bonchev–Trinajstić information content (AvgIpc) is 2.71. The molecule has 210 valence electrons. The van der Waals surface area contributed by atoms with Gasteiger partial charge in [-0.1, -0.05) is 0 Å². The van der Waals surface area contributed by atoms with Crippen LogP contribution in [0.15, 0.2) is 0 Å². The minimum absolute atomic E-state index is 0.0106. The molecule has 0 fully saturated rings. The summed E-state index contributed by atoms with van der Waals surface area (Å²) < 4.78 is 41.3. The quantitative estimate of drug-likeness (QED) is 0.0796. The van der Waals surface area contributed by atoms with Gasteiger partial charge in [-0.3, -0.25) is 18.6 Å². The highest BCUT2D eigenvalue weighted by atomic mass is 127. The van der Waals surface area contributed by atoms with E-state index >= 15 is 0 Å². The van der Waals surface area contributed by atoms with E-state index in [1.807, 2.05) is 13.8 Å². The van der Waals surface area contributed by atoms with Gasteiger partial charge in [0.15, 0.2) is 11.9 Å². The molecule has 4 N–H and O–H groups in total. The number of phosphoric acid groups is 1. The maximum atomic E-state index is 12.2. The van der Waals surface area contributed by atoms with Crippen LogP contribution < -0.4 is 11.1 Å². The minimum atomic E-state index is -4.56. The molecule has 0 saturated heterocycles. The van der Waals surface area contributed by atoms with Crippen LogP contribution in [0.5, 0.6) is 0 Å². The fourth-order valence-electron chi connectivity index (χ4n) is 2.45. The van der Waals surface area contributed by atoms with Gasteiger partial charge in [0, 0.05) is 6.54 Å². The molecule has 0 heterocycles. The number of ether oxygens (including phenoxy) is 4. The minimum Gasteiger partial charge on any atom is -0.454 e. The molecule has 0 aliphatic carbocycles. The van der Waals surface area contributed by atoms with Crippen molar-refractivity contribution in [3.05, 3.63) is 0 Å². The molecule has 2 unspecified atom stereocenters. The zero-order valence-corrected chi connectivity index (χ0v) is 24.1. The fraction of sp³-hybridized carbons (Fsp3) is 0.800. The van der Waals surface area contributed by atoms with Crippen LogP contribution in [0.25, 0.3) is 0 Å². The van der Waals surface area contributed by atoms with Gasteiger partial charge in [-0.25, -0.2) is 14.2 Å². The number of rotatable bonds is 19. The first-order valence-electron chi connectivity index (χ1n) is 10.9. The monoisotopic (exact) mass is 654 g/mol. The molecule has 0 aliphatic rings. The van der Waals surface area contributed by atoms with Crippen LogP contribution in [-0.4, -0.2) is 83.5 Å². The van der Waals surface area contributed by atoms with Gasteiger partial charge in [0.2, 0.25) is 5.91 Å². The van der Waals surface area contributed by atoms with Gasteiger partial charge in [0.25, 0.3) is 0 Å². The molecule has 0 aromatic rings. The SMILES string of the molecule is CC(=O)COC(C)(C)CCOC(C)(C)CC(=O)NCCOP(=O)(O)OCC(COC(=O)I)OC(N)=O. The number of ketones is 1. The summed E-state index contributed by atoms with van der Waals surface area (Å²) >= 11 is 1.34. The molecule has 0 spiro atoms. The molecule has 0 bridgehead atoms. The molecule has 0 aromatic heterocycles. The number of amides is 2. The molecule has 0 aliphatic heterocycles. The van der Waals surface area contributed by atoms with E-state index in [4.69, 9.17) is 24.3 Å². The Labute approximate surface area is 223 Å². The predicted molar refractivity (Wildman–Crippen MR) is 135 cm³/mol. The number of hydrogen-bond donors (Lipinski definition) is 3. The van der Waals surface area contributed by atoms with Crippen molar-refractivity contribution in [1.82, 2.24) is 5.32 Å². The Morgan fingerprint density at radius 2 is 1.67 bits per heavy atom. The maximum Gasteiger partial charge on any atom is 0.472 e. The van der Waals surface area contributed by atoms with Crippen LogP contribution in [0.4, 0.5) is 9.59 Å². The highest BCUT2D eigenvalue weighted by Gasteiger charge is 2.27. The van der Waals surface area contributed by atoms with E-state index < -0.39 is 48.4 Å². The predicted octanol–water partition coefficient (Wildman–Crippen LogP) is 2.23. The van der Waals surface area contributed by atoms with E-state index in [0.29, 0.717) is 13.0 Å². The average molecular weight is 654 g/mol. The zero-order chi connectivity index (χ0) is 28.0. The second kappa shape index (κ2) is 16.5. The topological polar surface area (TPSA) is 199 Å². The molecule has 0 rings (SSSR count). The van der Waals surface area contributed by atoms with Gasteiger partial charge in [-0.2, -0.15) is 0 Å². The van der Waals surface area contributed by atoms with Crippen molar-refractivity contribution < 1.29 is 56.6 Å². The lowest BCUT2D eigenvalue weighted by molar-refractivity contribution is -0.133. The third-order valence-electron chi connectivity index (χ3n) is 4.22. The van der Waals surface area contributed by atoms with E-state index in [-0.39, 0.29) is 37.9 Å². The van der Waals surface area contributed by atoms with Crippen LogP contribution in [0.2, 0.25) is 0 Å². The van der Waals surface area contributed by atoms with Crippen LogP contribution in [0.3, 0.4) is 0 Å². The first kappa shape index (κ1) is 34.6. The second-order valence-electron chi connectivity index (χ2n) is 8.84. The van der Waals surface area contributed by atoms with E-state index in [1.54, 1.807) is 13.8 Å². The highest BCUT2D eigenvalue weighted by molar-refractivity contribution is 14.1. The molecule has 16 heteroatoms. The number of nitrogens with one attached hydrogen (secondary N) is 1. The molecule has 0 aromatic carbocycles. The summed E-state index contributed by atoms with van der Waals surface area (Å²) in [6.45, 7) is 7.39. The third-order valence-corrected chi connectivity index (χ3v) is 5.51. The number of primary amides is 1. The Hall–Kier alpha value is -1.36. The van der Waals surface area contributed by atoms with Crippen LogP contribution in [0.1, 0.15) is 47.5 Å². The molecular weight excluding hydrogens is 618 g/mol. The number of halogens is 1. The first-order chi connectivity index (χ1) is 16.4. The van der Waals surface area contributed by atoms with Crippen molar-refractivity contribution in [3.63, 3.8) is 0 Å². The van der Waals surface area contributed by atoms with Crippen molar-refractivity contribution in [2.45, 2.75) is 64.8 Å². The standard InChI is InChI=1S/C20H36IN2O12P/c1-14(24)11-32-19(2,3)6-8-31-20(4,5)10-16(25)23-7-9-33-36(28,29)34-13-15(35-18(22)27)12-30-17(21)26/h15H,6-13H2,1-5H3,(H2,22,27)(H,23,25)(H,28,29). The van der Waals surface area contributed by atoms with Crippen molar-refractivity contribution in [1.29, 1.82) is 0 Å². The largest absolute Gasteiger partial charge is 0.472 e. The lowest BCUT2D eigenvalue weighted by Crippen LogP contribution is -2.37. The van der Waals surface area contributed by atoms with Gasteiger partial charge < -0.3 is 34.9 Å². The number of carbonyl (C=O) groups is 4. The third kappa shape index (κ3) is 19.8. The Bertz CT molecular complexity index is 793. The van der Waals surface area contributed by atoms with Crippen molar-refractivity contribution >= 4 is 52.2 Å². The summed E-state index contributed by atoms with van der Waals surface area (Å²) in [5.41, 5.74) is 3.53. The van der Waals surface area contributed by atoms with Crippen molar-refractivity contribution in [2.75, 3.05) is 39.6 Å². The Balaban J connectivity index is 4.34. The van der Waals surface area contributed by atoms with Crippen LogP contribution in [-0.2, 0) is 42.1 Å². The summed E-state index contributed by atoms with van der Waals surface area (Å²) in [6.07, 6.45) is -1.90. The summed E-state index contributed by atoms with van der Waals surface area (Å²) in [4.78, 5) is 54.7. The smallest absolute Gasteiger partial charge is 0.454 e. The summed E-state index contributed by atoms with van der Waals surface area (Å²) in [5, 5.41) is 2.54. The Morgan fingerprint density at radius 1 is 1.03 bits per heavy atom. The summed E-state index contributed by atoms with van der Waals surface area (Å²) in [6, 6.07) is 0. The lowest BCUT2D eigenvalue weighted by atomic mass is 10.0. The van der Waals surface area contributed by atoms with Gasteiger partial charge in [0.05, 0.1) is 60.0 Å². The van der Waals surface area contributed by atoms with Gasteiger partial charge >= 0.3 is 17.9 Å². The van der Waals surface area contributed by atoms with Crippen molar-refractivity contribution in [3.8, 4) is 0 Å². The molecule has 2 atom stereocenters. The van der Waals surface area contributed by atoms with Gasteiger partial charge in [-0.15, -0.1) is 0 Å². The molecule has 36 heavy (non-hydrogen) atoms. The Kier molecular flexibility index (Phi) is 15.9. The molecule has 0 saturated carbocycles. The van der Waals surface area contributed by atoms with Crippen LogP contribution >= 0.6 is 30.4 Å². The van der Waals surface area contributed by atoms with E-state index in [0.717, 1.165) is 0 Å². The lowest BCUT2D eigenvalue weighted by Gasteiger charge is -2.29. The Morgan fingerprint density at radius 3 is 2.22 bits per heavy atom. The molecule has 2 amide bonds. The zero-order valence-electron chi connectivity index (χ0n) is 21.1. The normalized spacial score (nSPS) is 14.4. The number of hydrogen-bond acceptors (Lipinski definition) is 11. The van der Waals surface area contributed by atoms with Crippen LogP contribution in [0, 0.1) is 0 Å². The molecule has 14 nitrogen and oxygen atoms in total. The van der Waals surface area contributed by atoms with E-state index in [2.05, 4.69) is 14.8 Å². The highest BCUT2D eigenvalue weighted by Crippen LogP contribution is 2.43. The maximum absolute atomic E-state index is 12.2. The number of Topliss-reactive ketones (excluding diaryl/α,β-unsaturated/α-hetero) is 1. The molecular formula is C20H36IN2O12P. The summed E-state index contributed by atoms with van der Waals surface area (Å²) in [5.74, 6) is -0.450. The number of nitrogens with two attached hydrogens (primary N) is 1. The van der Waals surface area contributed by atoms with Gasteiger partial charge in [0.1, 0.15) is 13.2 Å². The number of carbonyl (C=O) groups excluding carboxylic acids is 4. The fourth-order valence-corrected chi connectivity index (χ4v) is 3.38. The van der Waals surface area contributed by atoms with Gasteiger partial charge in [-0.05, 0) is 41.0 Å². The van der Waals surface area contributed by atoms with E-state index in [9.17, 15) is 28.6 Å². The summed E-state index contributed by atoms with van der Waals surface area (Å²) in [7, 11) is -4.56. The molecule has 0 radical (unpaired) electrons. The first-order valence-corrected chi connectivity index (χ1v) is 13.4. The van der Waals surface area contributed by atoms with Crippen molar-refractivity contribution in [2.24, 2.45) is 5.73 Å².